The zero-order valence-corrected chi connectivity index (χ0v) is 16.2. The van der Waals surface area contributed by atoms with E-state index in [0.717, 1.165) is 54.9 Å². The first-order valence-electron chi connectivity index (χ1n) is 9.84. The molecule has 0 bridgehead atoms. The van der Waals surface area contributed by atoms with Crippen LogP contribution < -0.4 is 10.2 Å². The van der Waals surface area contributed by atoms with Crippen molar-refractivity contribution in [2.45, 2.75) is 6.42 Å². The van der Waals surface area contributed by atoms with Crippen LogP contribution in [0.3, 0.4) is 0 Å². The number of amides is 1. The summed E-state index contributed by atoms with van der Waals surface area (Å²) in [5.74, 6) is -0.0211. The molecule has 1 N–H and O–H groups in total. The minimum Gasteiger partial charge on any atom is -0.369 e. The molecule has 146 valence electrons. The van der Waals surface area contributed by atoms with Gasteiger partial charge in [-0.2, -0.15) is 5.26 Å². The minimum atomic E-state index is -0.0211. The van der Waals surface area contributed by atoms with Gasteiger partial charge in [-0.1, -0.05) is 18.2 Å². The molecule has 1 aliphatic rings. The Morgan fingerprint density at radius 1 is 1.03 bits per heavy atom. The molecule has 1 amide bonds. The maximum absolute atomic E-state index is 12.7. The van der Waals surface area contributed by atoms with Gasteiger partial charge < -0.3 is 10.2 Å². The summed E-state index contributed by atoms with van der Waals surface area (Å²) in [7, 11) is 0. The average molecular weight is 385 g/mol. The second-order valence-electron chi connectivity index (χ2n) is 7.17. The normalized spacial score (nSPS) is 14.9. The first kappa shape index (κ1) is 18.9. The van der Waals surface area contributed by atoms with Crippen LogP contribution in [0.25, 0.3) is 10.9 Å². The minimum absolute atomic E-state index is 0.0211. The quantitative estimate of drug-likeness (QED) is 0.746. The number of fused-ring (bicyclic) bond motifs is 1. The number of nitrogens with zero attached hydrogens (tertiary/aromatic N) is 4. The summed E-state index contributed by atoms with van der Waals surface area (Å²) in [5, 5.41) is 13.3. The van der Waals surface area contributed by atoms with Crippen molar-refractivity contribution >= 4 is 28.2 Å². The van der Waals surface area contributed by atoms with E-state index in [4.69, 9.17) is 0 Å². The van der Waals surface area contributed by atoms with Crippen molar-refractivity contribution in [1.82, 2.24) is 9.88 Å². The molecule has 1 fully saturated rings. The molecule has 2 heterocycles. The van der Waals surface area contributed by atoms with Gasteiger partial charge in [0.2, 0.25) is 5.91 Å². The Morgan fingerprint density at radius 3 is 2.83 bits per heavy atom. The molecule has 1 saturated heterocycles. The van der Waals surface area contributed by atoms with Crippen LogP contribution in [0.2, 0.25) is 0 Å². The lowest BCUT2D eigenvalue weighted by Crippen LogP contribution is -2.36. The topological polar surface area (TPSA) is 72.3 Å². The molecule has 4 rings (SSSR count). The Morgan fingerprint density at radius 2 is 1.93 bits per heavy atom. The number of rotatable bonds is 4. The number of aromatic nitrogens is 1. The van der Waals surface area contributed by atoms with Gasteiger partial charge in [-0.3, -0.25) is 14.7 Å². The zero-order valence-electron chi connectivity index (χ0n) is 16.2. The zero-order chi connectivity index (χ0) is 20.1. The second-order valence-corrected chi connectivity index (χ2v) is 7.17. The lowest BCUT2D eigenvalue weighted by molar-refractivity contribution is -0.117. The highest BCUT2D eigenvalue weighted by Crippen LogP contribution is 2.22. The number of carbonyl (C=O) groups excluding carboxylic acids is 1. The smallest absolute Gasteiger partial charge is 0.238 e. The number of benzene rings is 2. The van der Waals surface area contributed by atoms with Crippen molar-refractivity contribution in [2.75, 3.05) is 42.9 Å². The summed E-state index contributed by atoms with van der Waals surface area (Å²) < 4.78 is 0. The highest BCUT2D eigenvalue weighted by molar-refractivity contribution is 6.01. The molecule has 6 nitrogen and oxygen atoms in total. The molecule has 0 radical (unpaired) electrons. The van der Waals surface area contributed by atoms with Gasteiger partial charge in [-0.05, 0) is 42.8 Å². The van der Waals surface area contributed by atoms with E-state index in [1.54, 1.807) is 6.20 Å². The Labute approximate surface area is 170 Å². The van der Waals surface area contributed by atoms with E-state index in [-0.39, 0.29) is 5.91 Å². The first-order valence-corrected chi connectivity index (χ1v) is 9.84. The van der Waals surface area contributed by atoms with Gasteiger partial charge in [0, 0.05) is 37.8 Å². The third-order valence-electron chi connectivity index (χ3n) is 5.24. The summed E-state index contributed by atoms with van der Waals surface area (Å²) in [4.78, 5) is 21.4. The molecule has 0 spiro atoms. The maximum atomic E-state index is 12.7. The van der Waals surface area contributed by atoms with Crippen molar-refractivity contribution < 1.29 is 4.79 Å². The van der Waals surface area contributed by atoms with Gasteiger partial charge in [0.25, 0.3) is 0 Å². The summed E-state index contributed by atoms with van der Waals surface area (Å²) in [5.41, 5.74) is 3.33. The molecule has 1 aromatic heterocycles. The van der Waals surface area contributed by atoms with E-state index < -0.39 is 0 Å². The standard InChI is InChI=1S/C23H23N5O/c24-16-18-6-1-2-10-22(18)28-13-5-12-27(14-15-28)17-23(29)26-21-9-3-8-20-19(21)7-4-11-25-20/h1-4,6-11H,5,12-15,17H2,(H,26,29). The summed E-state index contributed by atoms with van der Waals surface area (Å²) >= 11 is 0. The monoisotopic (exact) mass is 385 g/mol. The Hall–Kier alpha value is -3.43. The third-order valence-corrected chi connectivity index (χ3v) is 5.24. The lowest BCUT2D eigenvalue weighted by Gasteiger charge is -2.24. The highest BCUT2D eigenvalue weighted by atomic mass is 16.2. The van der Waals surface area contributed by atoms with E-state index in [0.29, 0.717) is 12.1 Å². The fourth-order valence-corrected chi connectivity index (χ4v) is 3.82. The van der Waals surface area contributed by atoms with Crippen molar-refractivity contribution in [1.29, 1.82) is 5.26 Å². The van der Waals surface area contributed by atoms with Crippen LogP contribution in [0.5, 0.6) is 0 Å². The van der Waals surface area contributed by atoms with Gasteiger partial charge >= 0.3 is 0 Å². The van der Waals surface area contributed by atoms with Crippen LogP contribution >= 0.6 is 0 Å². The fourth-order valence-electron chi connectivity index (χ4n) is 3.82. The van der Waals surface area contributed by atoms with Gasteiger partial charge in [0.15, 0.2) is 0 Å². The predicted octanol–water partition coefficient (Wildman–Crippen LogP) is 3.26. The summed E-state index contributed by atoms with van der Waals surface area (Å²) in [6.45, 7) is 3.67. The number of para-hydroxylation sites is 1. The van der Waals surface area contributed by atoms with E-state index >= 15 is 0 Å². The third kappa shape index (κ3) is 4.36. The Bertz CT molecular complexity index is 1050. The Balaban J connectivity index is 1.39. The van der Waals surface area contributed by atoms with Crippen LogP contribution in [-0.4, -0.2) is 48.5 Å². The van der Waals surface area contributed by atoms with Gasteiger partial charge in [-0.25, -0.2) is 0 Å². The SMILES string of the molecule is N#Cc1ccccc1N1CCCN(CC(=O)Nc2cccc3ncccc23)CC1. The largest absolute Gasteiger partial charge is 0.369 e. The molecule has 0 atom stereocenters. The van der Waals surface area contributed by atoms with Crippen LogP contribution in [0, 0.1) is 11.3 Å². The Kier molecular flexibility index (Phi) is 5.68. The average Bonchev–Trinajstić information content (AvgIpc) is 2.99. The van der Waals surface area contributed by atoms with Crippen LogP contribution in [-0.2, 0) is 4.79 Å². The van der Waals surface area contributed by atoms with E-state index in [2.05, 4.69) is 26.2 Å². The maximum Gasteiger partial charge on any atom is 0.238 e. The molecular formula is C23H23N5O. The number of nitriles is 1. The van der Waals surface area contributed by atoms with Crippen molar-refractivity contribution in [2.24, 2.45) is 0 Å². The summed E-state index contributed by atoms with van der Waals surface area (Å²) in [6, 6.07) is 19.6. The van der Waals surface area contributed by atoms with Crippen molar-refractivity contribution in [3.63, 3.8) is 0 Å². The lowest BCUT2D eigenvalue weighted by atomic mass is 10.1. The van der Waals surface area contributed by atoms with E-state index in [1.165, 1.54) is 0 Å². The van der Waals surface area contributed by atoms with Gasteiger partial charge in [-0.15, -0.1) is 0 Å². The highest BCUT2D eigenvalue weighted by Gasteiger charge is 2.19. The molecule has 3 aromatic rings. The predicted molar refractivity (Wildman–Crippen MR) is 115 cm³/mol. The van der Waals surface area contributed by atoms with Crippen molar-refractivity contribution in [3.05, 3.63) is 66.4 Å². The molecule has 1 aliphatic heterocycles. The van der Waals surface area contributed by atoms with Crippen molar-refractivity contribution in [3.8, 4) is 6.07 Å². The molecule has 0 unspecified atom stereocenters. The molecule has 2 aromatic carbocycles. The molecular weight excluding hydrogens is 362 g/mol. The molecule has 0 saturated carbocycles. The van der Waals surface area contributed by atoms with E-state index in [9.17, 15) is 10.1 Å². The molecule has 29 heavy (non-hydrogen) atoms. The summed E-state index contributed by atoms with van der Waals surface area (Å²) in [6.07, 6.45) is 2.70. The molecule has 6 heteroatoms. The van der Waals surface area contributed by atoms with Crippen LogP contribution in [0.4, 0.5) is 11.4 Å². The number of carbonyl (C=O) groups is 1. The second kappa shape index (κ2) is 8.72. The number of pyridine rings is 1. The number of anilines is 2. The fraction of sp³-hybridized carbons (Fsp3) is 0.261. The van der Waals surface area contributed by atoms with E-state index in [1.807, 2.05) is 54.6 Å². The van der Waals surface area contributed by atoms with Crippen LogP contribution in [0.15, 0.2) is 60.8 Å². The molecule has 0 aliphatic carbocycles. The first-order chi connectivity index (χ1) is 14.2. The van der Waals surface area contributed by atoms with Gasteiger partial charge in [0.05, 0.1) is 29.0 Å². The number of hydrogen-bond acceptors (Lipinski definition) is 5. The van der Waals surface area contributed by atoms with Gasteiger partial charge in [0.1, 0.15) is 6.07 Å². The number of hydrogen-bond donors (Lipinski definition) is 1. The van der Waals surface area contributed by atoms with Crippen LogP contribution in [0.1, 0.15) is 12.0 Å². The number of nitrogens with one attached hydrogen (secondary N) is 1.